The van der Waals surface area contributed by atoms with E-state index >= 15 is 0 Å². The molecule has 1 aromatic carbocycles. The first kappa shape index (κ1) is 21.6. The summed E-state index contributed by atoms with van der Waals surface area (Å²) in [5, 5.41) is 0. The predicted octanol–water partition coefficient (Wildman–Crippen LogP) is 2.11. The first-order chi connectivity index (χ1) is 14.1. The molecule has 8 heteroatoms. The highest BCUT2D eigenvalue weighted by molar-refractivity contribution is 7.92. The van der Waals surface area contributed by atoms with Crippen LogP contribution in [0.4, 0.5) is 5.69 Å². The van der Waals surface area contributed by atoms with E-state index in [1.807, 2.05) is 17.9 Å². The van der Waals surface area contributed by atoms with Crippen LogP contribution in [0.1, 0.15) is 49.5 Å². The highest BCUT2D eigenvalue weighted by atomic mass is 32.2. The lowest BCUT2D eigenvalue weighted by Crippen LogP contribution is -2.50. The number of sulfonamides is 1. The Kier molecular flexibility index (Phi) is 5.85. The highest BCUT2D eigenvalue weighted by Gasteiger charge is 2.35. The lowest BCUT2D eigenvalue weighted by Gasteiger charge is -2.38. The van der Waals surface area contributed by atoms with Crippen LogP contribution in [0.2, 0.25) is 0 Å². The summed E-state index contributed by atoms with van der Waals surface area (Å²) >= 11 is 0. The van der Waals surface area contributed by atoms with Gasteiger partial charge in [0.15, 0.2) is 0 Å². The lowest BCUT2D eigenvalue weighted by molar-refractivity contribution is -0.0715. The van der Waals surface area contributed by atoms with Gasteiger partial charge in [0, 0.05) is 43.8 Å². The molecule has 1 aromatic rings. The largest absolute Gasteiger partial charge is 0.373 e. The van der Waals surface area contributed by atoms with Crippen LogP contribution in [0.15, 0.2) is 18.2 Å². The molecule has 0 bridgehead atoms. The molecule has 0 saturated carbocycles. The Morgan fingerprint density at radius 2 is 1.87 bits per heavy atom. The summed E-state index contributed by atoms with van der Waals surface area (Å²) in [6, 6.07) is 5.57. The van der Waals surface area contributed by atoms with Crippen molar-refractivity contribution in [2.45, 2.75) is 64.3 Å². The van der Waals surface area contributed by atoms with Crippen LogP contribution in [-0.4, -0.2) is 80.9 Å². The normalized spacial score (nSPS) is 30.0. The maximum atomic E-state index is 13.3. The molecule has 1 amide bonds. The molecule has 0 aliphatic carbocycles. The number of carbonyl (C=O) groups excluding carboxylic acids is 1. The first-order valence-corrected chi connectivity index (χ1v) is 12.8. The average molecular weight is 436 g/mol. The smallest absolute Gasteiger partial charge is 0.254 e. The molecule has 0 spiro atoms. The summed E-state index contributed by atoms with van der Waals surface area (Å²) < 4.78 is 31.6. The van der Waals surface area contributed by atoms with Crippen molar-refractivity contribution in [1.29, 1.82) is 0 Å². The van der Waals surface area contributed by atoms with Crippen molar-refractivity contribution >= 4 is 21.6 Å². The molecule has 30 heavy (non-hydrogen) atoms. The molecule has 3 aliphatic heterocycles. The second-order valence-electron chi connectivity index (χ2n) is 9.23. The molecule has 4 rings (SSSR count). The van der Waals surface area contributed by atoms with Crippen LogP contribution < -0.4 is 4.31 Å². The van der Waals surface area contributed by atoms with Gasteiger partial charge in [0.25, 0.3) is 5.91 Å². The van der Waals surface area contributed by atoms with Gasteiger partial charge in [0.05, 0.1) is 24.2 Å². The number of morpholine rings is 1. The summed E-state index contributed by atoms with van der Waals surface area (Å²) in [4.78, 5) is 17.8. The van der Waals surface area contributed by atoms with Crippen molar-refractivity contribution in [3.05, 3.63) is 29.3 Å². The van der Waals surface area contributed by atoms with E-state index in [0.717, 1.165) is 44.6 Å². The Labute approximate surface area is 180 Å². The Morgan fingerprint density at radius 3 is 2.53 bits per heavy atom. The Bertz CT molecular complexity index is 909. The van der Waals surface area contributed by atoms with Gasteiger partial charge >= 0.3 is 0 Å². The summed E-state index contributed by atoms with van der Waals surface area (Å²) in [5.74, 6) is 0.0557. The monoisotopic (exact) mass is 435 g/mol. The molecule has 0 N–H and O–H groups in total. The van der Waals surface area contributed by atoms with Gasteiger partial charge in [-0.15, -0.1) is 0 Å². The minimum Gasteiger partial charge on any atom is -0.373 e. The number of anilines is 1. The van der Waals surface area contributed by atoms with Crippen LogP contribution in [0.3, 0.4) is 0 Å². The Balaban J connectivity index is 1.50. The van der Waals surface area contributed by atoms with E-state index in [0.29, 0.717) is 17.7 Å². The van der Waals surface area contributed by atoms with E-state index in [2.05, 4.69) is 18.7 Å². The molecular weight excluding hydrogens is 402 g/mol. The number of hydrogen-bond donors (Lipinski definition) is 0. The summed E-state index contributed by atoms with van der Waals surface area (Å²) in [6.07, 6.45) is 4.36. The Hall–Kier alpha value is -1.64. The van der Waals surface area contributed by atoms with E-state index in [-0.39, 0.29) is 30.2 Å². The number of carbonyl (C=O) groups is 1. The molecular formula is C22H33N3O4S. The fourth-order valence-corrected chi connectivity index (χ4v) is 6.70. The van der Waals surface area contributed by atoms with Crippen molar-refractivity contribution in [2.75, 3.05) is 36.7 Å². The first-order valence-electron chi connectivity index (χ1n) is 10.9. The van der Waals surface area contributed by atoms with Gasteiger partial charge in [-0.05, 0) is 63.8 Å². The quantitative estimate of drug-likeness (QED) is 0.725. The zero-order valence-electron chi connectivity index (χ0n) is 18.4. The maximum Gasteiger partial charge on any atom is 0.254 e. The maximum absolute atomic E-state index is 13.3. The van der Waals surface area contributed by atoms with Crippen molar-refractivity contribution < 1.29 is 17.9 Å². The van der Waals surface area contributed by atoms with E-state index in [4.69, 9.17) is 4.74 Å². The molecule has 4 atom stereocenters. The minimum atomic E-state index is -3.33. The number of fused-ring (bicyclic) bond motifs is 1. The summed E-state index contributed by atoms with van der Waals surface area (Å²) in [5.41, 5.74) is 2.30. The molecule has 7 nitrogen and oxygen atoms in total. The minimum absolute atomic E-state index is 0.0557. The van der Waals surface area contributed by atoms with E-state index in [1.165, 1.54) is 10.6 Å². The standard InChI is InChI=1S/C22H33N3O4S/c1-15-10-19-11-18(7-8-21(19)25(15)30(4,27)28)22(26)24-9-5-6-20(24)14-23-12-16(2)29-17(3)13-23/h7-8,11,15-17,20H,5-6,9-10,12-14H2,1-4H3/t15-,16-,17+,20+/m1/s1. The highest BCUT2D eigenvalue weighted by Crippen LogP contribution is 2.35. The van der Waals surface area contributed by atoms with E-state index in [1.54, 1.807) is 12.1 Å². The third-order valence-electron chi connectivity index (χ3n) is 6.44. The van der Waals surface area contributed by atoms with E-state index in [9.17, 15) is 13.2 Å². The fraction of sp³-hybridized carbons (Fsp3) is 0.682. The number of hydrogen-bond acceptors (Lipinski definition) is 5. The van der Waals surface area contributed by atoms with Gasteiger partial charge in [0.1, 0.15) is 0 Å². The molecule has 3 heterocycles. The fourth-order valence-electron chi connectivity index (χ4n) is 5.43. The number of likely N-dealkylation sites (tertiary alicyclic amines) is 1. The summed E-state index contributed by atoms with van der Waals surface area (Å²) in [6.45, 7) is 9.58. The topological polar surface area (TPSA) is 70.2 Å². The second-order valence-corrected chi connectivity index (χ2v) is 11.1. The average Bonchev–Trinajstić information content (AvgIpc) is 3.22. The molecule has 0 aromatic heterocycles. The number of rotatable bonds is 4. The van der Waals surface area contributed by atoms with Crippen LogP contribution in [0.5, 0.6) is 0 Å². The van der Waals surface area contributed by atoms with Crippen molar-refractivity contribution in [1.82, 2.24) is 9.80 Å². The number of nitrogens with zero attached hydrogens (tertiary/aromatic N) is 3. The van der Waals surface area contributed by atoms with Crippen LogP contribution in [0, 0.1) is 0 Å². The van der Waals surface area contributed by atoms with Crippen LogP contribution in [-0.2, 0) is 21.2 Å². The van der Waals surface area contributed by atoms with E-state index < -0.39 is 10.0 Å². The molecule has 2 fully saturated rings. The third kappa shape index (κ3) is 4.22. The third-order valence-corrected chi connectivity index (χ3v) is 7.71. The van der Waals surface area contributed by atoms with Crippen LogP contribution >= 0.6 is 0 Å². The molecule has 3 aliphatic rings. The van der Waals surface area contributed by atoms with Crippen LogP contribution in [0.25, 0.3) is 0 Å². The van der Waals surface area contributed by atoms with Crippen molar-refractivity contribution in [2.24, 2.45) is 0 Å². The van der Waals surface area contributed by atoms with Gasteiger partial charge in [-0.1, -0.05) is 0 Å². The number of ether oxygens (including phenoxy) is 1. The SMILES string of the molecule is C[C@@H]1CN(C[C@@H]2CCCN2C(=O)c2ccc3c(c2)C[C@@H](C)N3S(C)(=O)=O)C[C@H](C)O1. The molecule has 0 unspecified atom stereocenters. The molecule has 0 radical (unpaired) electrons. The van der Waals surface area contributed by atoms with Gasteiger partial charge in [-0.3, -0.25) is 14.0 Å². The Morgan fingerprint density at radius 1 is 1.17 bits per heavy atom. The number of amides is 1. The zero-order valence-corrected chi connectivity index (χ0v) is 19.2. The van der Waals surface area contributed by atoms with Gasteiger partial charge in [0.2, 0.25) is 10.0 Å². The second kappa shape index (κ2) is 8.13. The summed E-state index contributed by atoms with van der Waals surface area (Å²) in [7, 11) is -3.33. The van der Waals surface area contributed by atoms with Crippen molar-refractivity contribution in [3.63, 3.8) is 0 Å². The zero-order chi connectivity index (χ0) is 21.6. The molecule has 2 saturated heterocycles. The van der Waals surface area contributed by atoms with Crippen molar-refractivity contribution in [3.8, 4) is 0 Å². The van der Waals surface area contributed by atoms with Gasteiger partial charge in [-0.2, -0.15) is 0 Å². The number of benzene rings is 1. The van der Waals surface area contributed by atoms with Gasteiger partial charge < -0.3 is 9.64 Å². The lowest BCUT2D eigenvalue weighted by atomic mass is 10.1. The molecule has 166 valence electrons. The van der Waals surface area contributed by atoms with Gasteiger partial charge in [-0.25, -0.2) is 8.42 Å². The predicted molar refractivity (Wildman–Crippen MR) is 117 cm³/mol.